The first kappa shape index (κ1) is 16.2. The monoisotopic (exact) mass is 303 g/mol. The van der Waals surface area contributed by atoms with E-state index in [1.54, 1.807) is 8.61 Å². The van der Waals surface area contributed by atoms with Crippen LogP contribution in [-0.2, 0) is 10.2 Å². The molecule has 0 aromatic heterocycles. The maximum absolute atomic E-state index is 12.6. The van der Waals surface area contributed by atoms with Crippen molar-refractivity contribution in [1.29, 1.82) is 0 Å². The van der Waals surface area contributed by atoms with Gasteiger partial charge in [-0.3, -0.25) is 0 Å². The van der Waals surface area contributed by atoms with Crippen molar-refractivity contribution < 1.29 is 8.42 Å². The van der Waals surface area contributed by atoms with Crippen LogP contribution in [-0.4, -0.2) is 56.8 Å². The maximum Gasteiger partial charge on any atom is 0.281 e. The molecule has 20 heavy (non-hydrogen) atoms. The summed E-state index contributed by atoms with van der Waals surface area (Å²) in [6.45, 7) is 6.02. The minimum absolute atomic E-state index is 0.661. The lowest BCUT2D eigenvalue weighted by Crippen LogP contribution is -2.49. The number of piperidine rings is 2. The van der Waals surface area contributed by atoms with E-state index in [0.29, 0.717) is 38.0 Å². The normalized spacial score (nSPS) is 25.1. The Hall–Kier alpha value is -0.170. The predicted molar refractivity (Wildman–Crippen MR) is 81.7 cm³/mol. The molecule has 2 heterocycles. The molecule has 118 valence electrons. The van der Waals surface area contributed by atoms with E-state index in [-0.39, 0.29) is 0 Å². The lowest BCUT2D eigenvalue weighted by Gasteiger charge is -2.37. The summed E-state index contributed by atoms with van der Waals surface area (Å²) in [5.41, 5.74) is 0. The first-order valence-corrected chi connectivity index (χ1v) is 9.33. The highest BCUT2D eigenvalue weighted by Gasteiger charge is 2.34. The minimum Gasteiger partial charge on any atom is -0.320 e. The standard InChI is InChI=1S/C14H29N3O2S/c1-13-4-9-16(10-5-13)20(18,19)17-11-6-14(7-12-17)3-8-15-2/h13-15H,3-12H2,1-2H3. The van der Waals surface area contributed by atoms with E-state index < -0.39 is 10.2 Å². The molecule has 0 radical (unpaired) electrons. The Bertz CT molecular complexity index is 383. The largest absolute Gasteiger partial charge is 0.320 e. The van der Waals surface area contributed by atoms with Crippen LogP contribution in [0.15, 0.2) is 0 Å². The Morgan fingerprint density at radius 2 is 1.50 bits per heavy atom. The summed E-state index contributed by atoms with van der Waals surface area (Å²) in [5.74, 6) is 1.34. The van der Waals surface area contributed by atoms with Gasteiger partial charge in [0.25, 0.3) is 10.2 Å². The first-order valence-electron chi connectivity index (χ1n) is 7.94. The van der Waals surface area contributed by atoms with Crippen molar-refractivity contribution in [1.82, 2.24) is 13.9 Å². The molecule has 0 aromatic carbocycles. The molecule has 0 unspecified atom stereocenters. The van der Waals surface area contributed by atoms with Crippen LogP contribution in [0.25, 0.3) is 0 Å². The Morgan fingerprint density at radius 1 is 1.00 bits per heavy atom. The highest BCUT2D eigenvalue weighted by atomic mass is 32.2. The highest BCUT2D eigenvalue weighted by molar-refractivity contribution is 7.86. The molecule has 6 heteroatoms. The summed E-state index contributed by atoms with van der Waals surface area (Å²) in [7, 11) is -1.23. The number of rotatable bonds is 5. The number of hydrogen-bond donors (Lipinski definition) is 1. The van der Waals surface area contributed by atoms with E-state index in [1.165, 1.54) is 0 Å². The van der Waals surface area contributed by atoms with E-state index in [4.69, 9.17) is 0 Å². The molecule has 0 saturated carbocycles. The Morgan fingerprint density at radius 3 is 2.00 bits per heavy atom. The van der Waals surface area contributed by atoms with Gasteiger partial charge in [-0.05, 0) is 57.5 Å². The SMILES string of the molecule is CNCCC1CCN(S(=O)(=O)N2CCC(C)CC2)CC1. The summed E-state index contributed by atoms with van der Waals surface area (Å²) in [4.78, 5) is 0. The summed E-state index contributed by atoms with van der Waals surface area (Å²) >= 11 is 0. The third-order valence-corrected chi connectivity index (χ3v) is 6.81. The molecule has 2 fully saturated rings. The molecule has 0 aliphatic carbocycles. The molecular formula is C14H29N3O2S. The van der Waals surface area contributed by atoms with E-state index in [2.05, 4.69) is 12.2 Å². The van der Waals surface area contributed by atoms with Gasteiger partial charge in [-0.25, -0.2) is 0 Å². The van der Waals surface area contributed by atoms with Gasteiger partial charge in [-0.15, -0.1) is 0 Å². The van der Waals surface area contributed by atoms with Crippen molar-refractivity contribution in [2.75, 3.05) is 39.8 Å². The van der Waals surface area contributed by atoms with Crippen molar-refractivity contribution in [3.05, 3.63) is 0 Å². The smallest absolute Gasteiger partial charge is 0.281 e. The highest BCUT2D eigenvalue weighted by Crippen LogP contribution is 2.26. The second-order valence-corrected chi connectivity index (χ2v) is 8.25. The van der Waals surface area contributed by atoms with Crippen LogP contribution in [0, 0.1) is 11.8 Å². The number of hydrogen-bond acceptors (Lipinski definition) is 3. The van der Waals surface area contributed by atoms with E-state index in [0.717, 1.165) is 38.6 Å². The quantitative estimate of drug-likeness (QED) is 0.832. The summed E-state index contributed by atoms with van der Waals surface area (Å²) in [5, 5.41) is 3.17. The first-order chi connectivity index (χ1) is 9.54. The molecule has 1 N–H and O–H groups in total. The van der Waals surface area contributed by atoms with Crippen LogP contribution in [0.4, 0.5) is 0 Å². The van der Waals surface area contributed by atoms with Gasteiger partial charge in [0.15, 0.2) is 0 Å². The predicted octanol–water partition coefficient (Wildman–Crippen LogP) is 1.28. The lowest BCUT2D eigenvalue weighted by atomic mass is 9.95. The minimum atomic E-state index is -3.20. The van der Waals surface area contributed by atoms with Crippen LogP contribution in [0.1, 0.15) is 39.0 Å². The number of nitrogens with zero attached hydrogens (tertiary/aromatic N) is 2. The van der Waals surface area contributed by atoms with Gasteiger partial charge in [-0.1, -0.05) is 6.92 Å². The summed E-state index contributed by atoms with van der Waals surface area (Å²) in [6, 6.07) is 0. The van der Waals surface area contributed by atoms with Crippen molar-refractivity contribution in [3.63, 3.8) is 0 Å². The van der Waals surface area contributed by atoms with Crippen LogP contribution < -0.4 is 5.32 Å². The van der Waals surface area contributed by atoms with Crippen LogP contribution in [0.5, 0.6) is 0 Å². The van der Waals surface area contributed by atoms with Gasteiger partial charge >= 0.3 is 0 Å². The van der Waals surface area contributed by atoms with Crippen LogP contribution >= 0.6 is 0 Å². The Balaban J connectivity index is 1.85. The molecule has 2 aliphatic heterocycles. The zero-order valence-corrected chi connectivity index (χ0v) is 13.7. The Kier molecular flexibility index (Phi) is 5.84. The van der Waals surface area contributed by atoms with Crippen LogP contribution in [0.2, 0.25) is 0 Å². The van der Waals surface area contributed by atoms with Gasteiger partial charge in [0.05, 0.1) is 0 Å². The third-order valence-electron chi connectivity index (χ3n) is 4.77. The lowest BCUT2D eigenvalue weighted by molar-refractivity contribution is 0.227. The molecule has 0 spiro atoms. The van der Waals surface area contributed by atoms with Crippen molar-refractivity contribution >= 4 is 10.2 Å². The summed E-state index contributed by atoms with van der Waals surface area (Å²) < 4.78 is 28.6. The molecule has 0 atom stereocenters. The average molecular weight is 303 g/mol. The maximum atomic E-state index is 12.6. The average Bonchev–Trinajstić information content (AvgIpc) is 2.46. The molecule has 0 amide bonds. The number of nitrogens with one attached hydrogen (secondary N) is 1. The van der Waals surface area contributed by atoms with E-state index in [9.17, 15) is 8.42 Å². The van der Waals surface area contributed by atoms with Gasteiger partial charge < -0.3 is 5.32 Å². The molecule has 0 bridgehead atoms. The zero-order chi connectivity index (χ0) is 14.6. The topological polar surface area (TPSA) is 52.7 Å². The molecule has 2 rings (SSSR count). The van der Waals surface area contributed by atoms with Gasteiger partial charge in [0.2, 0.25) is 0 Å². The van der Waals surface area contributed by atoms with Crippen molar-refractivity contribution in [3.8, 4) is 0 Å². The molecule has 2 saturated heterocycles. The van der Waals surface area contributed by atoms with Gasteiger partial charge in [-0.2, -0.15) is 17.0 Å². The second kappa shape index (κ2) is 7.20. The molecule has 5 nitrogen and oxygen atoms in total. The zero-order valence-electron chi connectivity index (χ0n) is 12.8. The van der Waals surface area contributed by atoms with E-state index in [1.807, 2.05) is 7.05 Å². The molecular weight excluding hydrogens is 274 g/mol. The van der Waals surface area contributed by atoms with Gasteiger partial charge in [0.1, 0.15) is 0 Å². The fourth-order valence-corrected chi connectivity index (χ4v) is 4.83. The second-order valence-electron chi connectivity index (χ2n) is 6.32. The summed E-state index contributed by atoms with van der Waals surface area (Å²) in [6.07, 6.45) is 5.16. The van der Waals surface area contributed by atoms with E-state index >= 15 is 0 Å². The third kappa shape index (κ3) is 3.93. The molecule has 0 aromatic rings. The Labute approximate surface area is 123 Å². The van der Waals surface area contributed by atoms with Gasteiger partial charge in [0, 0.05) is 26.2 Å². The van der Waals surface area contributed by atoms with Crippen molar-refractivity contribution in [2.45, 2.75) is 39.0 Å². The fourth-order valence-electron chi connectivity index (χ4n) is 3.16. The van der Waals surface area contributed by atoms with Crippen LogP contribution in [0.3, 0.4) is 0 Å². The van der Waals surface area contributed by atoms with Crippen molar-refractivity contribution in [2.24, 2.45) is 11.8 Å². The molecule has 2 aliphatic rings. The fraction of sp³-hybridized carbons (Fsp3) is 1.00.